The molecule has 0 radical (unpaired) electrons. The number of nitrogens with zero attached hydrogens (tertiary/aromatic N) is 1. The van der Waals surface area contributed by atoms with Crippen LogP contribution in [0.1, 0.15) is 36.8 Å². The number of anilines is 1. The maximum atomic E-state index is 13.4. The molecule has 1 heterocycles. The van der Waals surface area contributed by atoms with E-state index in [1.165, 1.54) is 17.7 Å². The third kappa shape index (κ3) is 4.77. The minimum atomic E-state index is -0.270. The van der Waals surface area contributed by atoms with E-state index in [1.807, 2.05) is 59.5 Å². The molecular formula is C28H27FN2O2. The molecule has 0 bridgehead atoms. The van der Waals surface area contributed by atoms with Gasteiger partial charge in [-0.3, -0.25) is 4.79 Å². The van der Waals surface area contributed by atoms with Crippen LogP contribution in [0.15, 0.2) is 90.0 Å². The van der Waals surface area contributed by atoms with Gasteiger partial charge in [0.25, 0.3) is 5.91 Å². The Kier molecular flexibility index (Phi) is 6.11. The summed E-state index contributed by atoms with van der Waals surface area (Å²) < 4.78 is 19.3. The molecule has 0 spiro atoms. The number of halogens is 1. The minimum Gasteiger partial charge on any atom is -0.489 e. The van der Waals surface area contributed by atoms with Crippen LogP contribution in [0.5, 0.6) is 5.75 Å². The normalized spacial score (nSPS) is 17.8. The summed E-state index contributed by atoms with van der Waals surface area (Å²) in [6, 6.07) is 24.3. The van der Waals surface area contributed by atoms with Crippen LogP contribution in [0.25, 0.3) is 0 Å². The van der Waals surface area contributed by atoms with E-state index in [4.69, 9.17) is 4.74 Å². The van der Waals surface area contributed by atoms with Crippen LogP contribution < -0.4 is 10.1 Å². The van der Waals surface area contributed by atoms with Gasteiger partial charge in [-0.1, -0.05) is 42.5 Å². The lowest BCUT2D eigenvalue weighted by Crippen LogP contribution is -2.40. The smallest absolute Gasteiger partial charge is 0.252 e. The molecule has 5 heteroatoms. The Balaban J connectivity index is 1.31. The predicted octanol–water partition coefficient (Wildman–Crippen LogP) is 6.06. The number of carbonyl (C=O) groups excluding carboxylic acids is 1. The third-order valence-electron chi connectivity index (χ3n) is 6.34. The molecule has 168 valence electrons. The van der Waals surface area contributed by atoms with Gasteiger partial charge in [-0.2, -0.15) is 0 Å². The fourth-order valence-corrected chi connectivity index (χ4v) is 4.61. The topological polar surface area (TPSA) is 41.6 Å². The number of hydrogen-bond donors (Lipinski definition) is 1. The lowest BCUT2D eigenvalue weighted by molar-refractivity contribution is -0.127. The Morgan fingerprint density at radius 3 is 2.36 bits per heavy atom. The minimum absolute atomic E-state index is 0.0920. The van der Waals surface area contributed by atoms with Crippen molar-refractivity contribution >= 4 is 11.6 Å². The van der Waals surface area contributed by atoms with Crippen LogP contribution in [0.2, 0.25) is 0 Å². The third-order valence-corrected chi connectivity index (χ3v) is 6.34. The number of nitrogens with one attached hydrogen (secondary N) is 1. The summed E-state index contributed by atoms with van der Waals surface area (Å²) in [7, 11) is 0. The summed E-state index contributed by atoms with van der Waals surface area (Å²) >= 11 is 0. The standard InChI is InChI=1S/C28H27FN2O2/c29-22-12-10-20(11-13-22)18-31-27(25-8-4-5-9-26(25)28(31)32)30-23-14-16-24(17-15-23)33-19-21-6-2-1-3-7-21/h1-3,6-7,10-17,27,30H,4-5,8-9,18-19H2/t27-/m1/s1. The average Bonchev–Trinajstić information content (AvgIpc) is 3.12. The van der Waals surface area contributed by atoms with E-state index in [-0.39, 0.29) is 17.9 Å². The molecule has 1 atom stereocenters. The highest BCUT2D eigenvalue weighted by Gasteiger charge is 2.39. The van der Waals surface area contributed by atoms with Crippen molar-refractivity contribution in [2.45, 2.75) is 45.0 Å². The van der Waals surface area contributed by atoms with E-state index in [9.17, 15) is 9.18 Å². The SMILES string of the molecule is O=C1C2=C(CCCC2)[C@H](Nc2ccc(OCc3ccccc3)cc2)N1Cc1ccc(F)cc1. The first kappa shape index (κ1) is 21.3. The number of rotatable bonds is 7. The Bertz CT molecular complexity index is 1140. The second-order valence-corrected chi connectivity index (χ2v) is 8.62. The Morgan fingerprint density at radius 1 is 0.879 bits per heavy atom. The maximum Gasteiger partial charge on any atom is 0.252 e. The summed E-state index contributed by atoms with van der Waals surface area (Å²) in [4.78, 5) is 15.1. The lowest BCUT2D eigenvalue weighted by atomic mass is 9.92. The Hall–Kier alpha value is -3.60. The summed E-state index contributed by atoms with van der Waals surface area (Å²) in [6.07, 6.45) is 3.72. The molecular weight excluding hydrogens is 415 g/mol. The molecule has 0 aromatic heterocycles. The fraction of sp³-hybridized carbons (Fsp3) is 0.250. The van der Waals surface area contributed by atoms with Gasteiger partial charge in [0.05, 0.1) is 0 Å². The number of hydrogen-bond acceptors (Lipinski definition) is 3. The lowest BCUT2D eigenvalue weighted by Gasteiger charge is -2.29. The second kappa shape index (κ2) is 9.49. The van der Waals surface area contributed by atoms with Crippen molar-refractivity contribution in [2.24, 2.45) is 0 Å². The van der Waals surface area contributed by atoms with Crippen LogP contribution in [0, 0.1) is 5.82 Å². The Morgan fingerprint density at radius 2 is 1.61 bits per heavy atom. The van der Waals surface area contributed by atoms with E-state index < -0.39 is 0 Å². The van der Waals surface area contributed by atoms with Crippen molar-refractivity contribution in [3.8, 4) is 5.75 Å². The van der Waals surface area contributed by atoms with Gasteiger partial charge < -0.3 is 15.0 Å². The van der Waals surface area contributed by atoms with E-state index in [0.29, 0.717) is 13.2 Å². The van der Waals surface area contributed by atoms with Crippen molar-refractivity contribution in [3.63, 3.8) is 0 Å². The molecule has 1 aliphatic carbocycles. The van der Waals surface area contributed by atoms with Gasteiger partial charge in [0.1, 0.15) is 24.3 Å². The van der Waals surface area contributed by atoms with Crippen molar-refractivity contribution in [1.82, 2.24) is 4.90 Å². The van der Waals surface area contributed by atoms with Crippen LogP contribution in [0.4, 0.5) is 10.1 Å². The van der Waals surface area contributed by atoms with Gasteiger partial charge in [-0.25, -0.2) is 4.39 Å². The fourth-order valence-electron chi connectivity index (χ4n) is 4.61. The quantitative estimate of drug-likeness (QED) is 0.484. The van der Waals surface area contributed by atoms with Gasteiger partial charge in [0.2, 0.25) is 0 Å². The van der Waals surface area contributed by atoms with E-state index in [1.54, 1.807) is 12.1 Å². The van der Waals surface area contributed by atoms with Crippen LogP contribution in [0.3, 0.4) is 0 Å². The number of carbonyl (C=O) groups is 1. The molecule has 5 rings (SSSR count). The van der Waals surface area contributed by atoms with Crippen LogP contribution >= 0.6 is 0 Å². The molecule has 0 unspecified atom stereocenters. The Labute approximate surface area is 193 Å². The van der Waals surface area contributed by atoms with Gasteiger partial charge in [0.15, 0.2) is 0 Å². The van der Waals surface area contributed by atoms with Crippen molar-refractivity contribution in [1.29, 1.82) is 0 Å². The molecule has 2 aliphatic rings. The largest absolute Gasteiger partial charge is 0.489 e. The monoisotopic (exact) mass is 442 g/mol. The molecule has 3 aromatic carbocycles. The number of benzene rings is 3. The highest BCUT2D eigenvalue weighted by molar-refractivity contribution is 5.98. The maximum absolute atomic E-state index is 13.4. The highest BCUT2D eigenvalue weighted by atomic mass is 19.1. The molecule has 1 amide bonds. The zero-order valence-electron chi connectivity index (χ0n) is 18.5. The predicted molar refractivity (Wildman–Crippen MR) is 127 cm³/mol. The van der Waals surface area contributed by atoms with Crippen molar-refractivity contribution in [2.75, 3.05) is 5.32 Å². The molecule has 0 saturated carbocycles. The highest BCUT2D eigenvalue weighted by Crippen LogP contribution is 2.37. The summed E-state index contributed by atoms with van der Waals surface area (Å²) in [5.41, 5.74) is 5.11. The van der Waals surface area contributed by atoms with E-state index in [0.717, 1.165) is 53.8 Å². The molecule has 33 heavy (non-hydrogen) atoms. The van der Waals surface area contributed by atoms with Gasteiger partial charge in [-0.05, 0) is 78.8 Å². The van der Waals surface area contributed by atoms with Gasteiger partial charge in [0, 0.05) is 17.8 Å². The zero-order chi connectivity index (χ0) is 22.6. The van der Waals surface area contributed by atoms with Gasteiger partial charge in [-0.15, -0.1) is 0 Å². The summed E-state index contributed by atoms with van der Waals surface area (Å²) in [5, 5.41) is 3.57. The molecule has 1 aliphatic heterocycles. The average molecular weight is 443 g/mol. The molecule has 4 nitrogen and oxygen atoms in total. The second-order valence-electron chi connectivity index (χ2n) is 8.62. The molecule has 3 aromatic rings. The first-order chi connectivity index (χ1) is 16.2. The van der Waals surface area contributed by atoms with Crippen molar-refractivity contribution < 1.29 is 13.9 Å². The summed E-state index contributed by atoms with van der Waals surface area (Å²) in [6.45, 7) is 0.967. The zero-order valence-corrected chi connectivity index (χ0v) is 18.5. The van der Waals surface area contributed by atoms with E-state index in [2.05, 4.69) is 5.32 Å². The van der Waals surface area contributed by atoms with Crippen LogP contribution in [-0.2, 0) is 17.9 Å². The molecule has 0 fully saturated rings. The van der Waals surface area contributed by atoms with Crippen molar-refractivity contribution in [3.05, 3.63) is 107 Å². The molecule has 0 saturated heterocycles. The first-order valence-electron chi connectivity index (χ1n) is 11.5. The van der Waals surface area contributed by atoms with Gasteiger partial charge >= 0.3 is 0 Å². The number of ether oxygens (including phenoxy) is 1. The first-order valence-corrected chi connectivity index (χ1v) is 11.5. The van der Waals surface area contributed by atoms with Crippen LogP contribution in [-0.4, -0.2) is 17.0 Å². The van der Waals surface area contributed by atoms with E-state index >= 15 is 0 Å². The molecule has 1 N–H and O–H groups in total. The summed E-state index contributed by atoms with van der Waals surface area (Å²) in [5.74, 6) is 0.621. The number of amides is 1.